The fraction of sp³-hybridized carbons (Fsp3) is 0.160. The first-order chi connectivity index (χ1) is 17.7. The molecule has 4 rings (SSSR count). The monoisotopic (exact) mass is 540 g/mol. The number of aromatic nitrogens is 1. The van der Waals surface area contributed by atoms with Crippen molar-refractivity contribution in [3.05, 3.63) is 72.3 Å². The van der Waals surface area contributed by atoms with Gasteiger partial charge in [0, 0.05) is 17.3 Å². The molecule has 0 bridgehead atoms. The van der Waals surface area contributed by atoms with E-state index in [1.165, 1.54) is 42.7 Å². The van der Waals surface area contributed by atoms with Gasteiger partial charge in [-0.15, -0.1) is 0 Å². The fourth-order valence-corrected chi connectivity index (χ4v) is 5.39. The van der Waals surface area contributed by atoms with E-state index in [4.69, 9.17) is 9.47 Å². The molecule has 1 unspecified atom stereocenters. The predicted octanol–water partition coefficient (Wildman–Crippen LogP) is 3.87. The number of fused-ring (bicyclic) bond motifs is 1. The molecule has 4 aromatic rings. The molecule has 12 heteroatoms. The number of benzene rings is 3. The molecule has 10 nitrogen and oxygen atoms in total. The predicted molar refractivity (Wildman–Crippen MR) is 142 cm³/mol. The highest BCUT2D eigenvalue weighted by molar-refractivity contribution is 7.93. The number of carbonyl (C=O) groups is 2. The lowest BCUT2D eigenvalue weighted by Crippen LogP contribution is -2.41. The molecule has 192 valence electrons. The minimum absolute atomic E-state index is 0.00296. The summed E-state index contributed by atoms with van der Waals surface area (Å²) in [4.78, 5) is 29.2. The highest BCUT2D eigenvalue weighted by Crippen LogP contribution is 2.30. The number of methoxy groups -OCH3 is 2. The van der Waals surface area contributed by atoms with Crippen LogP contribution in [0.3, 0.4) is 0 Å². The van der Waals surface area contributed by atoms with Crippen molar-refractivity contribution in [2.24, 2.45) is 0 Å². The highest BCUT2D eigenvalue weighted by Gasteiger charge is 2.19. The number of sulfonamides is 1. The van der Waals surface area contributed by atoms with Crippen LogP contribution in [0.5, 0.6) is 11.5 Å². The number of ether oxygens (including phenoxy) is 2. The van der Waals surface area contributed by atoms with Gasteiger partial charge < -0.3 is 20.1 Å². The van der Waals surface area contributed by atoms with Crippen molar-refractivity contribution in [1.82, 2.24) is 10.3 Å². The molecule has 1 atom stereocenters. The average molecular weight is 541 g/mol. The summed E-state index contributed by atoms with van der Waals surface area (Å²) in [5.41, 5.74) is 1.38. The van der Waals surface area contributed by atoms with Gasteiger partial charge in [0.1, 0.15) is 17.5 Å². The van der Waals surface area contributed by atoms with Crippen molar-refractivity contribution in [3.63, 3.8) is 0 Å². The maximum absolute atomic E-state index is 12.8. The topological polar surface area (TPSA) is 136 Å². The normalized spacial score (nSPS) is 12.0. The standard InChI is InChI=1S/C25H24N4O6S2/c1-15(26-24(31)16-4-8-18(34-2)9-5-16)23(30)27-17-6-11-20(12-7-17)37(32,33)29-25-28-21-14-19(35-3)10-13-22(21)36-25/h4-15H,1-3H3,(H,26,31)(H,27,30)(H,28,29). The van der Waals surface area contributed by atoms with Gasteiger partial charge in [-0.2, -0.15) is 0 Å². The van der Waals surface area contributed by atoms with E-state index in [-0.39, 0.29) is 10.0 Å². The molecular weight excluding hydrogens is 516 g/mol. The van der Waals surface area contributed by atoms with Crippen LogP contribution >= 0.6 is 11.3 Å². The zero-order valence-corrected chi connectivity index (χ0v) is 21.8. The Morgan fingerprint density at radius 3 is 2.22 bits per heavy atom. The van der Waals surface area contributed by atoms with Crippen LogP contribution in [0.4, 0.5) is 10.8 Å². The maximum atomic E-state index is 12.8. The molecule has 0 spiro atoms. The lowest BCUT2D eigenvalue weighted by molar-refractivity contribution is -0.117. The van der Waals surface area contributed by atoms with Gasteiger partial charge in [-0.05, 0) is 67.6 Å². The van der Waals surface area contributed by atoms with Gasteiger partial charge in [-0.1, -0.05) is 11.3 Å². The first-order valence-corrected chi connectivity index (χ1v) is 13.3. The summed E-state index contributed by atoms with van der Waals surface area (Å²) in [6.45, 7) is 1.55. The molecule has 0 saturated carbocycles. The van der Waals surface area contributed by atoms with Crippen molar-refractivity contribution in [3.8, 4) is 11.5 Å². The number of hydrogen-bond acceptors (Lipinski definition) is 8. The lowest BCUT2D eigenvalue weighted by atomic mass is 10.2. The number of carbonyl (C=O) groups excluding carboxylic acids is 2. The summed E-state index contributed by atoms with van der Waals surface area (Å²) in [6.07, 6.45) is 0. The number of thiazole rings is 1. The van der Waals surface area contributed by atoms with Crippen LogP contribution < -0.4 is 24.8 Å². The van der Waals surface area contributed by atoms with Crippen LogP contribution in [0, 0.1) is 0 Å². The van der Waals surface area contributed by atoms with E-state index < -0.39 is 27.9 Å². The molecule has 1 aromatic heterocycles. The second kappa shape index (κ2) is 10.8. The third kappa shape index (κ3) is 6.16. The van der Waals surface area contributed by atoms with E-state index in [0.29, 0.717) is 28.3 Å². The number of amides is 2. The first kappa shape index (κ1) is 25.9. The molecule has 0 saturated heterocycles. The van der Waals surface area contributed by atoms with Gasteiger partial charge >= 0.3 is 0 Å². The molecule has 1 heterocycles. The van der Waals surface area contributed by atoms with Crippen LogP contribution in [0.15, 0.2) is 71.6 Å². The van der Waals surface area contributed by atoms with Gasteiger partial charge in [-0.3, -0.25) is 14.3 Å². The molecule has 3 aromatic carbocycles. The zero-order valence-electron chi connectivity index (χ0n) is 20.1. The van der Waals surface area contributed by atoms with Crippen LogP contribution in [0.1, 0.15) is 17.3 Å². The number of rotatable bonds is 9. The van der Waals surface area contributed by atoms with Crippen molar-refractivity contribution in [2.45, 2.75) is 17.9 Å². The fourth-order valence-electron chi connectivity index (χ4n) is 3.31. The summed E-state index contributed by atoms with van der Waals surface area (Å²) in [6, 6.07) is 16.6. The Morgan fingerprint density at radius 2 is 1.57 bits per heavy atom. The molecule has 37 heavy (non-hydrogen) atoms. The van der Waals surface area contributed by atoms with E-state index >= 15 is 0 Å². The summed E-state index contributed by atoms with van der Waals surface area (Å²) in [7, 11) is -0.829. The Kier molecular flexibility index (Phi) is 7.60. The summed E-state index contributed by atoms with van der Waals surface area (Å²) in [5.74, 6) is 0.370. The summed E-state index contributed by atoms with van der Waals surface area (Å²) < 4.78 is 39.2. The van der Waals surface area contributed by atoms with Crippen molar-refractivity contribution in [2.75, 3.05) is 24.3 Å². The van der Waals surface area contributed by atoms with E-state index in [2.05, 4.69) is 20.3 Å². The Bertz CT molecular complexity index is 1530. The lowest BCUT2D eigenvalue weighted by Gasteiger charge is -2.15. The second-order valence-corrected chi connectivity index (χ2v) is 10.6. The molecule has 0 radical (unpaired) electrons. The van der Waals surface area contributed by atoms with E-state index in [9.17, 15) is 18.0 Å². The van der Waals surface area contributed by atoms with Crippen molar-refractivity contribution >= 4 is 54.2 Å². The minimum atomic E-state index is -3.90. The van der Waals surface area contributed by atoms with Crippen LogP contribution in [-0.2, 0) is 14.8 Å². The molecule has 0 fully saturated rings. The molecule has 0 aliphatic heterocycles. The Labute approximate surface area is 217 Å². The molecule has 0 aliphatic rings. The van der Waals surface area contributed by atoms with Crippen molar-refractivity contribution < 1.29 is 27.5 Å². The maximum Gasteiger partial charge on any atom is 0.263 e. The molecule has 2 amide bonds. The molecule has 0 aliphatic carbocycles. The summed E-state index contributed by atoms with van der Waals surface area (Å²) >= 11 is 1.20. The van der Waals surface area contributed by atoms with E-state index in [1.807, 2.05) is 6.07 Å². The Morgan fingerprint density at radius 1 is 0.919 bits per heavy atom. The third-order valence-electron chi connectivity index (χ3n) is 5.34. The first-order valence-electron chi connectivity index (χ1n) is 11.0. The molecule has 3 N–H and O–H groups in total. The van der Waals surface area contributed by atoms with Crippen LogP contribution in [-0.4, -0.2) is 45.5 Å². The Hall–Kier alpha value is -4.16. The van der Waals surface area contributed by atoms with Crippen molar-refractivity contribution in [1.29, 1.82) is 0 Å². The van der Waals surface area contributed by atoms with E-state index in [0.717, 1.165) is 4.70 Å². The zero-order chi connectivity index (χ0) is 26.6. The second-order valence-electron chi connectivity index (χ2n) is 7.90. The van der Waals surface area contributed by atoms with Gasteiger partial charge in [-0.25, -0.2) is 13.4 Å². The quantitative estimate of drug-likeness (QED) is 0.293. The Balaban J connectivity index is 1.37. The molecular formula is C25H24N4O6S2. The number of hydrogen-bond donors (Lipinski definition) is 3. The number of nitrogens with zero attached hydrogens (tertiary/aromatic N) is 1. The van der Waals surface area contributed by atoms with Crippen LogP contribution in [0.25, 0.3) is 10.2 Å². The van der Waals surface area contributed by atoms with Gasteiger partial charge in [0.15, 0.2) is 5.13 Å². The van der Waals surface area contributed by atoms with Crippen LogP contribution in [0.2, 0.25) is 0 Å². The van der Waals surface area contributed by atoms with Gasteiger partial charge in [0.2, 0.25) is 5.91 Å². The minimum Gasteiger partial charge on any atom is -0.497 e. The van der Waals surface area contributed by atoms with Gasteiger partial charge in [0.25, 0.3) is 15.9 Å². The smallest absolute Gasteiger partial charge is 0.263 e. The van der Waals surface area contributed by atoms with E-state index in [1.54, 1.807) is 50.4 Å². The summed E-state index contributed by atoms with van der Waals surface area (Å²) in [5, 5.41) is 5.51. The van der Waals surface area contributed by atoms with Gasteiger partial charge in [0.05, 0.1) is 29.3 Å². The SMILES string of the molecule is COc1ccc(C(=O)NC(C)C(=O)Nc2ccc(S(=O)(=O)Nc3nc4cc(OC)ccc4s3)cc2)cc1. The largest absolute Gasteiger partial charge is 0.497 e. The number of anilines is 2. The highest BCUT2D eigenvalue weighted by atomic mass is 32.2. The average Bonchev–Trinajstić information content (AvgIpc) is 3.29. The third-order valence-corrected chi connectivity index (χ3v) is 7.78. The number of nitrogens with one attached hydrogen (secondary N) is 3.